The molecule has 0 radical (unpaired) electrons. The van der Waals surface area contributed by atoms with E-state index >= 15 is 0 Å². The Balaban J connectivity index is 1.94. The molecule has 2 heterocycles. The number of nitrogens with zero attached hydrogens (tertiary/aromatic N) is 1. The average Bonchev–Trinajstić information content (AvgIpc) is 3.05. The predicted octanol–water partition coefficient (Wildman–Crippen LogP) is 4.84. The summed E-state index contributed by atoms with van der Waals surface area (Å²) in [6.45, 7) is 4.12. The molecule has 0 saturated carbocycles. The lowest BCUT2D eigenvalue weighted by molar-refractivity contribution is 1.44. The standard InChI is InChI=1S/C15H13N3S2/c1-9-3-5-12(15-14(9)11(7-16)8-17-15)18-20-13-6-4-10(2)19-13/h3-6,8,17-18H,1-2H3. The lowest BCUT2D eigenvalue weighted by Gasteiger charge is -2.07. The third-order valence-electron chi connectivity index (χ3n) is 3.14. The van der Waals surface area contributed by atoms with Crippen LogP contribution in [0.5, 0.6) is 0 Å². The van der Waals surface area contributed by atoms with E-state index in [1.54, 1.807) is 29.5 Å². The van der Waals surface area contributed by atoms with Crippen molar-refractivity contribution in [1.29, 1.82) is 5.26 Å². The molecule has 100 valence electrons. The summed E-state index contributed by atoms with van der Waals surface area (Å²) in [6, 6.07) is 10.5. The van der Waals surface area contributed by atoms with Gasteiger partial charge in [-0.05, 0) is 49.6 Å². The molecule has 1 aromatic carbocycles. The van der Waals surface area contributed by atoms with Crippen LogP contribution in [0.2, 0.25) is 0 Å². The molecule has 0 spiro atoms. The molecule has 0 amide bonds. The maximum atomic E-state index is 9.16. The molecule has 0 fully saturated rings. The molecule has 20 heavy (non-hydrogen) atoms. The second-order valence-electron chi connectivity index (χ2n) is 4.56. The number of benzene rings is 1. The summed E-state index contributed by atoms with van der Waals surface area (Å²) >= 11 is 3.36. The SMILES string of the molecule is Cc1ccc(SNc2ccc(C)c3c(C#N)c[nH]c23)s1. The molecule has 2 N–H and O–H groups in total. The molecule has 5 heteroatoms. The zero-order valence-electron chi connectivity index (χ0n) is 11.2. The Labute approximate surface area is 125 Å². The number of aromatic nitrogens is 1. The number of H-pyrrole nitrogens is 1. The molecular weight excluding hydrogens is 286 g/mol. The van der Waals surface area contributed by atoms with Crippen LogP contribution in [0.25, 0.3) is 10.9 Å². The van der Waals surface area contributed by atoms with Crippen molar-refractivity contribution in [3.8, 4) is 6.07 Å². The van der Waals surface area contributed by atoms with Crippen LogP contribution in [0, 0.1) is 25.2 Å². The molecule has 0 atom stereocenters. The first-order valence-electron chi connectivity index (χ1n) is 6.19. The monoisotopic (exact) mass is 299 g/mol. The Kier molecular flexibility index (Phi) is 3.43. The van der Waals surface area contributed by atoms with Gasteiger partial charge >= 0.3 is 0 Å². The Morgan fingerprint density at radius 2 is 2.10 bits per heavy atom. The number of aryl methyl sites for hydroxylation is 2. The lowest BCUT2D eigenvalue weighted by atomic mass is 10.1. The Bertz CT molecular complexity index is 808. The number of thiophene rings is 1. The summed E-state index contributed by atoms with van der Waals surface area (Å²) in [7, 11) is 0. The van der Waals surface area contributed by atoms with E-state index in [1.807, 2.05) is 19.1 Å². The summed E-state index contributed by atoms with van der Waals surface area (Å²) in [5.41, 5.74) is 3.80. The summed E-state index contributed by atoms with van der Waals surface area (Å²) in [4.78, 5) is 4.50. The van der Waals surface area contributed by atoms with Crippen LogP contribution in [-0.2, 0) is 0 Å². The highest BCUT2D eigenvalue weighted by atomic mass is 32.2. The third kappa shape index (κ3) is 2.28. The van der Waals surface area contributed by atoms with Gasteiger partial charge in [0.25, 0.3) is 0 Å². The van der Waals surface area contributed by atoms with E-state index in [4.69, 9.17) is 5.26 Å². The summed E-state index contributed by atoms with van der Waals surface area (Å²) in [5.74, 6) is 0. The van der Waals surface area contributed by atoms with Crippen LogP contribution in [-0.4, -0.2) is 4.98 Å². The van der Waals surface area contributed by atoms with Crippen molar-refractivity contribution in [1.82, 2.24) is 4.98 Å². The third-order valence-corrected chi connectivity index (χ3v) is 5.10. The van der Waals surface area contributed by atoms with Crippen molar-refractivity contribution in [3.05, 3.63) is 46.5 Å². The summed E-state index contributed by atoms with van der Waals surface area (Å²) in [6.07, 6.45) is 1.77. The fourth-order valence-electron chi connectivity index (χ4n) is 2.17. The van der Waals surface area contributed by atoms with E-state index in [1.165, 1.54) is 9.09 Å². The highest BCUT2D eigenvalue weighted by molar-refractivity contribution is 8.02. The Morgan fingerprint density at radius 1 is 1.25 bits per heavy atom. The fourth-order valence-corrected chi connectivity index (χ4v) is 3.96. The second kappa shape index (κ2) is 5.23. The molecule has 0 aliphatic carbocycles. The first-order chi connectivity index (χ1) is 9.69. The van der Waals surface area contributed by atoms with E-state index < -0.39 is 0 Å². The number of hydrogen-bond acceptors (Lipinski definition) is 4. The zero-order chi connectivity index (χ0) is 14.1. The van der Waals surface area contributed by atoms with Gasteiger partial charge in [0.2, 0.25) is 0 Å². The fraction of sp³-hybridized carbons (Fsp3) is 0.133. The minimum absolute atomic E-state index is 0.693. The number of hydrogen-bond donors (Lipinski definition) is 2. The van der Waals surface area contributed by atoms with Crippen LogP contribution in [0.1, 0.15) is 16.0 Å². The smallest absolute Gasteiger partial charge is 0.101 e. The van der Waals surface area contributed by atoms with Crippen LogP contribution in [0.4, 0.5) is 5.69 Å². The summed E-state index contributed by atoms with van der Waals surface area (Å²) in [5, 5.41) is 10.2. The normalized spacial score (nSPS) is 10.7. The van der Waals surface area contributed by atoms with E-state index in [-0.39, 0.29) is 0 Å². The van der Waals surface area contributed by atoms with E-state index in [2.05, 4.69) is 34.8 Å². The first kappa shape index (κ1) is 13.1. The molecule has 0 bridgehead atoms. The number of aromatic amines is 1. The molecule has 2 aromatic heterocycles. The van der Waals surface area contributed by atoms with Gasteiger partial charge in [-0.15, -0.1) is 11.3 Å². The average molecular weight is 299 g/mol. The minimum Gasteiger partial charge on any atom is -0.358 e. The van der Waals surface area contributed by atoms with Gasteiger partial charge < -0.3 is 9.71 Å². The minimum atomic E-state index is 0.693. The van der Waals surface area contributed by atoms with Crippen molar-refractivity contribution in [2.24, 2.45) is 0 Å². The van der Waals surface area contributed by atoms with Crippen molar-refractivity contribution in [3.63, 3.8) is 0 Å². The van der Waals surface area contributed by atoms with Crippen molar-refractivity contribution in [2.75, 3.05) is 4.72 Å². The molecule has 0 aliphatic heterocycles. The largest absolute Gasteiger partial charge is 0.358 e. The molecule has 3 aromatic rings. The molecular formula is C15H13N3S2. The van der Waals surface area contributed by atoms with Gasteiger partial charge in [-0.25, -0.2) is 0 Å². The van der Waals surface area contributed by atoms with Gasteiger partial charge in [0.1, 0.15) is 6.07 Å². The maximum Gasteiger partial charge on any atom is 0.101 e. The quantitative estimate of drug-likeness (QED) is 0.681. The Morgan fingerprint density at radius 3 is 2.80 bits per heavy atom. The van der Waals surface area contributed by atoms with Crippen molar-refractivity contribution in [2.45, 2.75) is 18.1 Å². The lowest BCUT2D eigenvalue weighted by Crippen LogP contribution is -1.88. The zero-order valence-corrected chi connectivity index (χ0v) is 12.8. The maximum absolute atomic E-state index is 9.16. The van der Waals surface area contributed by atoms with Crippen LogP contribution in [0.3, 0.4) is 0 Å². The van der Waals surface area contributed by atoms with Gasteiger partial charge in [-0.2, -0.15) is 5.26 Å². The van der Waals surface area contributed by atoms with Crippen LogP contribution in [0.15, 0.2) is 34.7 Å². The van der Waals surface area contributed by atoms with Gasteiger partial charge in [-0.1, -0.05) is 6.07 Å². The van der Waals surface area contributed by atoms with E-state index in [0.717, 1.165) is 22.2 Å². The molecule has 0 saturated heterocycles. The highest BCUT2D eigenvalue weighted by Gasteiger charge is 2.10. The Hall–Kier alpha value is -1.90. The number of fused-ring (bicyclic) bond motifs is 1. The van der Waals surface area contributed by atoms with Gasteiger partial charge in [-0.3, -0.25) is 0 Å². The van der Waals surface area contributed by atoms with Gasteiger partial charge in [0.15, 0.2) is 0 Å². The molecule has 3 rings (SSSR count). The van der Waals surface area contributed by atoms with E-state index in [9.17, 15) is 0 Å². The van der Waals surface area contributed by atoms with Gasteiger partial charge in [0.05, 0.1) is 21.0 Å². The number of anilines is 1. The number of nitrogens with one attached hydrogen (secondary N) is 2. The van der Waals surface area contributed by atoms with E-state index in [0.29, 0.717) is 5.56 Å². The number of rotatable bonds is 3. The van der Waals surface area contributed by atoms with Crippen molar-refractivity contribution >= 4 is 39.9 Å². The topological polar surface area (TPSA) is 51.6 Å². The molecule has 3 nitrogen and oxygen atoms in total. The van der Waals surface area contributed by atoms with Crippen LogP contribution < -0.4 is 4.72 Å². The number of nitriles is 1. The molecule has 0 unspecified atom stereocenters. The van der Waals surface area contributed by atoms with Gasteiger partial charge in [0, 0.05) is 16.5 Å². The summed E-state index contributed by atoms with van der Waals surface area (Å²) < 4.78 is 4.59. The predicted molar refractivity (Wildman–Crippen MR) is 86.3 cm³/mol. The second-order valence-corrected chi connectivity index (χ2v) is 6.96. The first-order valence-corrected chi connectivity index (χ1v) is 7.82. The van der Waals surface area contributed by atoms with Crippen LogP contribution >= 0.6 is 23.3 Å². The van der Waals surface area contributed by atoms with Crippen molar-refractivity contribution < 1.29 is 0 Å². The highest BCUT2D eigenvalue weighted by Crippen LogP contribution is 2.33. The molecule has 0 aliphatic rings.